The Morgan fingerprint density at radius 3 is 2.73 bits per heavy atom. The van der Waals surface area contributed by atoms with Crippen LogP contribution in [0.3, 0.4) is 0 Å². The first-order valence-corrected chi connectivity index (χ1v) is 9.49. The third-order valence-electron chi connectivity index (χ3n) is 3.44. The molecular weight excluding hydrogens is 376 g/mol. The highest BCUT2D eigenvalue weighted by Crippen LogP contribution is 2.27. The lowest BCUT2D eigenvalue weighted by atomic mass is 10.3. The smallest absolute Gasteiger partial charge is 0.243 e. The Kier molecular flexibility index (Phi) is 6.69. The van der Waals surface area contributed by atoms with Gasteiger partial charge in [0.1, 0.15) is 0 Å². The molecule has 0 fully saturated rings. The van der Waals surface area contributed by atoms with Crippen molar-refractivity contribution in [3.63, 3.8) is 0 Å². The highest BCUT2D eigenvalue weighted by atomic mass is 35.5. The Hall–Kier alpha value is -2.47. The number of pyridine rings is 1. The van der Waals surface area contributed by atoms with Crippen LogP contribution in [-0.4, -0.2) is 30.2 Å². The minimum atomic E-state index is -3.88. The predicted octanol–water partition coefficient (Wildman–Crippen LogP) is 2.80. The predicted molar refractivity (Wildman–Crippen MR) is 97.8 cm³/mol. The van der Waals surface area contributed by atoms with Gasteiger partial charge in [-0.25, -0.2) is 8.42 Å². The third-order valence-corrected chi connectivity index (χ3v) is 5.60. The second kappa shape index (κ2) is 8.76. The van der Waals surface area contributed by atoms with Crippen molar-refractivity contribution in [2.45, 2.75) is 24.8 Å². The maximum absolute atomic E-state index is 13.0. The van der Waals surface area contributed by atoms with Crippen molar-refractivity contribution in [2.24, 2.45) is 0 Å². The van der Waals surface area contributed by atoms with Gasteiger partial charge in [-0.3, -0.25) is 9.78 Å². The molecular formula is C17H17ClN4O3S. The van der Waals surface area contributed by atoms with Crippen molar-refractivity contribution < 1.29 is 13.2 Å². The maximum Gasteiger partial charge on any atom is 0.243 e. The summed E-state index contributed by atoms with van der Waals surface area (Å²) in [5.74, 6) is -0.310. The maximum atomic E-state index is 13.0. The summed E-state index contributed by atoms with van der Waals surface area (Å²) in [7, 11) is -3.88. The quantitative estimate of drug-likeness (QED) is 0.780. The summed E-state index contributed by atoms with van der Waals surface area (Å²) in [5, 5.41) is 11.5. The van der Waals surface area contributed by atoms with E-state index in [9.17, 15) is 13.2 Å². The van der Waals surface area contributed by atoms with Crippen molar-refractivity contribution in [3.8, 4) is 6.07 Å². The minimum Gasteiger partial charge on any atom is -0.325 e. The lowest BCUT2D eigenvalue weighted by molar-refractivity contribution is -0.114. The Morgan fingerprint density at radius 2 is 2.15 bits per heavy atom. The van der Waals surface area contributed by atoms with Gasteiger partial charge in [0.15, 0.2) is 0 Å². The standard InChI is InChI=1S/C17H17ClN4O3S/c1-13(23)21-17-6-5-15(10-16(17)18)26(24,25)22(9-3-7-19)12-14-4-2-8-20-11-14/h2,4-6,8,10-11H,3,9,12H2,1H3,(H,21,23). The molecule has 0 aliphatic carbocycles. The van der Waals surface area contributed by atoms with Gasteiger partial charge in [0.05, 0.1) is 21.7 Å². The molecule has 1 aromatic heterocycles. The van der Waals surface area contributed by atoms with Gasteiger partial charge in [0, 0.05) is 38.8 Å². The first-order chi connectivity index (χ1) is 12.3. The second-order valence-electron chi connectivity index (χ2n) is 5.43. The van der Waals surface area contributed by atoms with E-state index in [4.69, 9.17) is 16.9 Å². The van der Waals surface area contributed by atoms with Gasteiger partial charge in [0.2, 0.25) is 15.9 Å². The SMILES string of the molecule is CC(=O)Nc1ccc(S(=O)(=O)N(CCC#N)Cc2cccnc2)cc1Cl. The summed E-state index contributed by atoms with van der Waals surface area (Å²) in [6, 6.07) is 9.51. The van der Waals surface area contributed by atoms with Crippen molar-refractivity contribution in [2.75, 3.05) is 11.9 Å². The van der Waals surface area contributed by atoms with Crippen LogP contribution in [0, 0.1) is 11.3 Å². The fraction of sp³-hybridized carbons (Fsp3) is 0.235. The van der Waals surface area contributed by atoms with E-state index >= 15 is 0 Å². The van der Waals surface area contributed by atoms with E-state index in [0.717, 1.165) is 0 Å². The summed E-state index contributed by atoms with van der Waals surface area (Å²) in [6.07, 6.45) is 3.22. The number of nitriles is 1. The number of anilines is 1. The number of rotatable bonds is 7. The number of hydrogen-bond acceptors (Lipinski definition) is 5. The van der Waals surface area contributed by atoms with Crippen LogP contribution >= 0.6 is 11.6 Å². The van der Waals surface area contributed by atoms with E-state index in [1.165, 1.54) is 29.4 Å². The monoisotopic (exact) mass is 392 g/mol. The Labute approximate surface area is 157 Å². The number of carbonyl (C=O) groups excluding carboxylic acids is 1. The van der Waals surface area contributed by atoms with Crippen LogP contribution in [0.15, 0.2) is 47.6 Å². The molecule has 0 unspecified atom stereocenters. The molecule has 0 aliphatic rings. The fourth-order valence-electron chi connectivity index (χ4n) is 2.25. The van der Waals surface area contributed by atoms with Crippen LogP contribution in [-0.2, 0) is 21.4 Å². The van der Waals surface area contributed by atoms with E-state index in [1.807, 2.05) is 6.07 Å². The van der Waals surface area contributed by atoms with Crippen LogP contribution in [0.5, 0.6) is 0 Å². The summed E-state index contributed by atoms with van der Waals surface area (Å²) in [5.41, 5.74) is 1.03. The van der Waals surface area contributed by atoms with Gasteiger partial charge in [-0.1, -0.05) is 17.7 Å². The number of sulfonamides is 1. The van der Waals surface area contributed by atoms with Crippen molar-refractivity contribution in [1.82, 2.24) is 9.29 Å². The molecule has 1 heterocycles. The molecule has 0 aliphatic heterocycles. The molecule has 0 spiro atoms. The Bertz CT molecular complexity index is 927. The van der Waals surface area contributed by atoms with Crippen molar-refractivity contribution in [1.29, 1.82) is 5.26 Å². The molecule has 0 bridgehead atoms. The molecule has 2 rings (SSSR count). The molecule has 1 amide bonds. The van der Waals surface area contributed by atoms with Gasteiger partial charge >= 0.3 is 0 Å². The van der Waals surface area contributed by atoms with Crippen molar-refractivity contribution in [3.05, 3.63) is 53.3 Å². The highest BCUT2D eigenvalue weighted by molar-refractivity contribution is 7.89. The number of aromatic nitrogens is 1. The molecule has 1 N–H and O–H groups in total. The van der Waals surface area contributed by atoms with Crippen molar-refractivity contribution >= 4 is 33.2 Å². The molecule has 136 valence electrons. The van der Waals surface area contributed by atoms with E-state index in [1.54, 1.807) is 24.5 Å². The molecule has 9 heteroatoms. The lowest BCUT2D eigenvalue weighted by Gasteiger charge is -2.21. The average Bonchev–Trinajstić information content (AvgIpc) is 2.60. The van der Waals surface area contributed by atoms with Gasteiger partial charge in [-0.15, -0.1) is 0 Å². The van der Waals surface area contributed by atoms with E-state index in [-0.39, 0.29) is 35.3 Å². The second-order valence-corrected chi connectivity index (χ2v) is 7.78. The van der Waals surface area contributed by atoms with Crippen LogP contribution < -0.4 is 5.32 Å². The van der Waals surface area contributed by atoms with Gasteiger partial charge in [0.25, 0.3) is 0 Å². The zero-order valence-electron chi connectivity index (χ0n) is 14.0. The number of nitrogens with one attached hydrogen (secondary N) is 1. The summed E-state index contributed by atoms with van der Waals surface area (Å²) < 4.78 is 27.2. The fourth-order valence-corrected chi connectivity index (χ4v) is 4.00. The van der Waals surface area contributed by atoms with E-state index < -0.39 is 10.0 Å². The topological polar surface area (TPSA) is 103 Å². The van der Waals surface area contributed by atoms with Crippen LogP contribution in [0.1, 0.15) is 18.9 Å². The first kappa shape index (κ1) is 19.8. The van der Waals surface area contributed by atoms with Crippen LogP contribution in [0.2, 0.25) is 5.02 Å². The van der Waals surface area contributed by atoms with E-state index in [0.29, 0.717) is 11.3 Å². The Balaban J connectivity index is 2.35. The zero-order chi connectivity index (χ0) is 19.2. The van der Waals surface area contributed by atoms with Gasteiger partial charge < -0.3 is 5.32 Å². The van der Waals surface area contributed by atoms with Gasteiger partial charge in [-0.2, -0.15) is 9.57 Å². The number of carbonyl (C=O) groups is 1. The molecule has 7 nitrogen and oxygen atoms in total. The average molecular weight is 393 g/mol. The molecule has 1 aromatic carbocycles. The molecule has 0 saturated carbocycles. The van der Waals surface area contributed by atoms with E-state index in [2.05, 4.69) is 10.3 Å². The normalized spacial score (nSPS) is 11.2. The summed E-state index contributed by atoms with van der Waals surface area (Å²) in [6.45, 7) is 1.46. The highest BCUT2D eigenvalue weighted by Gasteiger charge is 2.25. The zero-order valence-corrected chi connectivity index (χ0v) is 15.6. The molecule has 0 radical (unpaired) electrons. The number of halogens is 1. The molecule has 0 saturated heterocycles. The largest absolute Gasteiger partial charge is 0.325 e. The number of hydrogen-bond donors (Lipinski definition) is 1. The Morgan fingerprint density at radius 1 is 1.38 bits per heavy atom. The van der Waals surface area contributed by atoms with Gasteiger partial charge in [-0.05, 0) is 29.8 Å². The lowest BCUT2D eigenvalue weighted by Crippen LogP contribution is -2.31. The third kappa shape index (κ3) is 5.02. The number of amides is 1. The molecule has 0 atom stereocenters. The molecule has 2 aromatic rings. The number of nitrogens with zero attached hydrogens (tertiary/aromatic N) is 3. The van der Waals surface area contributed by atoms with Crippen LogP contribution in [0.25, 0.3) is 0 Å². The first-order valence-electron chi connectivity index (χ1n) is 7.67. The summed E-state index contributed by atoms with van der Waals surface area (Å²) >= 11 is 6.09. The number of benzene rings is 1. The van der Waals surface area contributed by atoms with Crippen LogP contribution in [0.4, 0.5) is 5.69 Å². The summed E-state index contributed by atoms with van der Waals surface area (Å²) in [4.78, 5) is 15.1. The minimum absolute atomic E-state index is 0.0153. The molecule has 26 heavy (non-hydrogen) atoms.